The summed E-state index contributed by atoms with van der Waals surface area (Å²) in [5.74, 6) is 0. The van der Waals surface area contributed by atoms with Crippen LogP contribution in [0.5, 0.6) is 0 Å². The third-order valence-corrected chi connectivity index (χ3v) is 6.60. The van der Waals surface area contributed by atoms with E-state index >= 15 is 0 Å². The fourth-order valence-corrected chi connectivity index (χ4v) is 4.12. The lowest BCUT2D eigenvalue weighted by Gasteiger charge is -2.10. The number of benzene rings is 3. The fourth-order valence-electron chi connectivity index (χ4n) is 3.52. The number of hydrogen-bond acceptors (Lipinski definition) is 1. The van der Waals surface area contributed by atoms with Crippen LogP contribution in [0.25, 0.3) is 28.6 Å². The molecule has 0 saturated carbocycles. The van der Waals surface area contributed by atoms with Gasteiger partial charge in [0, 0.05) is 16.7 Å². The molecule has 4 rings (SSSR count). The lowest BCUT2D eigenvalue weighted by Crippen LogP contribution is -2.04. The van der Waals surface area contributed by atoms with Gasteiger partial charge in [-0.2, -0.15) is 5.10 Å². The SMILES string of the molecule is C=Cc1ccc(Cn2nc(-c3ccc(Cl)c(Cl)c3)c(C)c2-c2ccc(Cl)c(Cl)c2)cc1. The number of aromatic nitrogens is 2. The molecule has 3 aromatic carbocycles. The molecule has 156 valence electrons. The first-order chi connectivity index (χ1) is 14.9. The summed E-state index contributed by atoms with van der Waals surface area (Å²) in [6, 6.07) is 19.4. The molecule has 0 N–H and O–H groups in total. The Bertz CT molecular complexity index is 1270. The standard InChI is InChI=1S/C25H18Cl4N2/c1-3-16-4-6-17(7-5-16)14-31-25(19-9-11-21(27)23(29)13-19)15(2)24(30-31)18-8-10-20(26)22(28)12-18/h3-13H,1,14H2,2H3. The zero-order chi connectivity index (χ0) is 22.1. The van der Waals surface area contributed by atoms with Crippen LogP contribution in [0.4, 0.5) is 0 Å². The van der Waals surface area contributed by atoms with Gasteiger partial charge in [-0.1, -0.05) is 95.5 Å². The summed E-state index contributed by atoms with van der Waals surface area (Å²) in [6.45, 7) is 6.45. The lowest BCUT2D eigenvalue weighted by molar-refractivity contribution is 0.696. The van der Waals surface area contributed by atoms with Crippen molar-refractivity contribution >= 4 is 52.5 Å². The molecule has 0 saturated heterocycles. The minimum atomic E-state index is 0.490. The Labute approximate surface area is 201 Å². The van der Waals surface area contributed by atoms with Crippen molar-refractivity contribution in [2.24, 2.45) is 0 Å². The highest BCUT2D eigenvalue weighted by atomic mass is 35.5. The topological polar surface area (TPSA) is 17.8 Å². The average molecular weight is 488 g/mol. The van der Waals surface area contributed by atoms with Gasteiger partial charge in [0.15, 0.2) is 0 Å². The molecule has 0 aliphatic carbocycles. The van der Waals surface area contributed by atoms with Gasteiger partial charge >= 0.3 is 0 Å². The quantitative estimate of drug-likeness (QED) is 0.275. The van der Waals surface area contributed by atoms with Crippen LogP contribution in [0.2, 0.25) is 20.1 Å². The van der Waals surface area contributed by atoms with E-state index in [9.17, 15) is 0 Å². The lowest BCUT2D eigenvalue weighted by atomic mass is 10.0. The Morgan fingerprint density at radius 1 is 0.806 bits per heavy atom. The zero-order valence-corrected chi connectivity index (χ0v) is 19.7. The van der Waals surface area contributed by atoms with Gasteiger partial charge in [-0.3, -0.25) is 4.68 Å². The first-order valence-electron chi connectivity index (χ1n) is 9.57. The summed E-state index contributed by atoms with van der Waals surface area (Å²) in [7, 11) is 0. The van der Waals surface area contributed by atoms with E-state index in [1.807, 2.05) is 54.1 Å². The number of hydrogen-bond donors (Lipinski definition) is 0. The van der Waals surface area contributed by atoms with Crippen molar-refractivity contribution in [3.8, 4) is 22.5 Å². The molecule has 4 aromatic rings. The van der Waals surface area contributed by atoms with Gasteiger partial charge < -0.3 is 0 Å². The Balaban J connectivity index is 1.87. The van der Waals surface area contributed by atoms with E-state index < -0.39 is 0 Å². The fraction of sp³-hybridized carbons (Fsp3) is 0.0800. The van der Waals surface area contributed by atoms with Crippen LogP contribution in [0.15, 0.2) is 67.2 Å². The van der Waals surface area contributed by atoms with E-state index in [4.69, 9.17) is 51.5 Å². The van der Waals surface area contributed by atoms with E-state index in [1.165, 1.54) is 0 Å². The van der Waals surface area contributed by atoms with Crippen LogP contribution in [0.3, 0.4) is 0 Å². The molecule has 0 bridgehead atoms. The minimum Gasteiger partial charge on any atom is -0.260 e. The summed E-state index contributed by atoms with van der Waals surface area (Å²) >= 11 is 24.9. The van der Waals surface area contributed by atoms with E-state index in [-0.39, 0.29) is 0 Å². The van der Waals surface area contributed by atoms with Crippen molar-refractivity contribution in [2.45, 2.75) is 13.5 Å². The molecular formula is C25H18Cl4N2. The van der Waals surface area contributed by atoms with E-state index in [2.05, 4.69) is 18.7 Å². The first kappa shape index (κ1) is 22.0. The second-order valence-electron chi connectivity index (χ2n) is 7.18. The van der Waals surface area contributed by atoms with Crippen LogP contribution in [-0.2, 0) is 6.54 Å². The summed E-state index contributed by atoms with van der Waals surface area (Å²) in [4.78, 5) is 0. The van der Waals surface area contributed by atoms with Crippen molar-refractivity contribution in [1.29, 1.82) is 0 Å². The molecule has 0 unspecified atom stereocenters. The second-order valence-corrected chi connectivity index (χ2v) is 8.81. The van der Waals surface area contributed by atoms with E-state index in [1.54, 1.807) is 12.1 Å². The monoisotopic (exact) mass is 486 g/mol. The largest absolute Gasteiger partial charge is 0.260 e. The highest BCUT2D eigenvalue weighted by Gasteiger charge is 2.19. The Morgan fingerprint density at radius 2 is 1.39 bits per heavy atom. The predicted molar refractivity (Wildman–Crippen MR) is 134 cm³/mol. The number of rotatable bonds is 5. The van der Waals surface area contributed by atoms with Crippen LogP contribution in [-0.4, -0.2) is 9.78 Å². The van der Waals surface area contributed by atoms with Crippen LogP contribution >= 0.6 is 46.4 Å². The maximum Gasteiger partial charge on any atom is 0.0959 e. The van der Waals surface area contributed by atoms with Gasteiger partial charge in [-0.25, -0.2) is 0 Å². The molecule has 0 aliphatic rings. The highest BCUT2D eigenvalue weighted by Crippen LogP contribution is 2.36. The molecule has 0 spiro atoms. The number of nitrogens with zero attached hydrogens (tertiary/aromatic N) is 2. The highest BCUT2D eigenvalue weighted by molar-refractivity contribution is 6.42. The van der Waals surface area contributed by atoms with Crippen LogP contribution < -0.4 is 0 Å². The molecule has 2 nitrogen and oxygen atoms in total. The molecule has 1 heterocycles. The Kier molecular flexibility index (Phi) is 6.45. The molecular weight excluding hydrogens is 470 g/mol. The zero-order valence-electron chi connectivity index (χ0n) is 16.7. The maximum atomic E-state index is 6.32. The molecule has 1 aromatic heterocycles. The van der Waals surface area contributed by atoms with Gasteiger partial charge in [0.1, 0.15) is 0 Å². The number of halogens is 4. The summed E-state index contributed by atoms with van der Waals surface area (Å²) < 4.78 is 1.98. The van der Waals surface area contributed by atoms with Gasteiger partial charge in [0.05, 0.1) is 38.0 Å². The van der Waals surface area contributed by atoms with Gasteiger partial charge in [0.25, 0.3) is 0 Å². The van der Waals surface area contributed by atoms with Crippen molar-refractivity contribution in [3.05, 3.63) is 104 Å². The third-order valence-electron chi connectivity index (χ3n) is 5.12. The molecule has 0 atom stereocenters. The smallest absolute Gasteiger partial charge is 0.0959 e. The van der Waals surface area contributed by atoms with E-state index in [0.717, 1.165) is 39.2 Å². The van der Waals surface area contributed by atoms with Crippen molar-refractivity contribution in [2.75, 3.05) is 0 Å². The van der Waals surface area contributed by atoms with Crippen LogP contribution in [0, 0.1) is 6.92 Å². The molecule has 0 fully saturated rings. The van der Waals surface area contributed by atoms with Crippen LogP contribution in [0.1, 0.15) is 16.7 Å². The predicted octanol–water partition coefficient (Wildman–Crippen LogP) is 8.83. The maximum absolute atomic E-state index is 6.32. The van der Waals surface area contributed by atoms with Gasteiger partial charge in [0.2, 0.25) is 0 Å². The third kappa shape index (κ3) is 4.53. The van der Waals surface area contributed by atoms with Gasteiger partial charge in [-0.05, 0) is 42.3 Å². The molecule has 0 aliphatic heterocycles. The minimum absolute atomic E-state index is 0.490. The van der Waals surface area contributed by atoms with Gasteiger partial charge in [-0.15, -0.1) is 0 Å². The summed E-state index contributed by atoms with van der Waals surface area (Å²) in [5.41, 5.74) is 6.84. The molecule has 0 radical (unpaired) electrons. The van der Waals surface area contributed by atoms with Crippen molar-refractivity contribution in [1.82, 2.24) is 9.78 Å². The Morgan fingerprint density at radius 3 is 1.97 bits per heavy atom. The van der Waals surface area contributed by atoms with E-state index in [0.29, 0.717) is 26.6 Å². The van der Waals surface area contributed by atoms with Crippen molar-refractivity contribution in [3.63, 3.8) is 0 Å². The average Bonchev–Trinajstić information content (AvgIpc) is 3.08. The van der Waals surface area contributed by atoms with Crippen molar-refractivity contribution < 1.29 is 0 Å². The first-order valence-corrected chi connectivity index (χ1v) is 11.1. The Hall–Kier alpha value is -2.23. The molecule has 6 heteroatoms. The molecule has 31 heavy (non-hydrogen) atoms. The summed E-state index contributed by atoms with van der Waals surface area (Å²) in [5, 5.41) is 6.95. The molecule has 0 amide bonds. The summed E-state index contributed by atoms with van der Waals surface area (Å²) in [6.07, 6.45) is 1.82. The second kappa shape index (κ2) is 9.10. The normalized spacial score (nSPS) is 11.0.